The molecule has 128 valence electrons. The second kappa shape index (κ2) is 4.51. The zero-order valence-electron chi connectivity index (χ0n) is 10.4. The van der Waals surface area contributed by atoms with Gasteiger partial charge in [-0.15, -0.1) is 0 Å². The van der Waals surface area contributed by atoms with Crippen molar-refractivity contribution < 1.29 is 53.4 Å². The summed E-state index contributed by atoms with van der Waals surface area (Å²) < 4.78 is 134. The molecule has 22 heavy (non-hydrogen) atoms. The summed E-state index contributed by atoms with van der Waals surface area (Å²) in [5, 5.41) is 0. The van der Waals surface area contributed by atoms with Gasteiger partial charge < -0.3 is 4.74 Å². The molecule has 0 amide bonds. The van der Waals surface area contributed by atoms with E-state index >= 15 is 0 Å². The highest BCUT2D eigenvalue weighted by Gasteiger charge is 2.99. The number of alkyl halides is 10. The Bertz CT molecular complexity index is 514. The molecule has 2 atom stereocenters. The van der Waals surface area contributed by atoms with Crippen molar-refractivity contribution in [3.8, 4) is 0 Å². The van der Waals surface area contributed by atoms with Gasteiger partial charge in [0.15, 0.2) is 0 Å². The molecule has 0 saturated heterocycles. The largest absolute Gasteiger partial charge is 0.444 e. The molecule has 1 fully saturated rings. The predicted molar refractivity (Wildman–Crippen MR) is 49.4 cm³/mol. The van der Waals surface area contributed by atoms with Gasteiger partial charge >= 0.3 is 35.5 Å². The second-order valence-corrected chi connectivity index (χ2v) is 4.53. The first-order valence-corrected chi connectivity index (χ1v) is 5.21. The van der Waals surface area contributed by atoms with Crippen molar-refractivity contribution in [3.63, 3.8) is 0 Å². The third kappa shape index (κ3) is 1.84. The highest BCUT2D eigenvalue weighted by atomic mass is 19.4. The Morgan fingerprint density at radius 1 is 1.05 bits per heavy atom. The average Bonchev–Trinajstić information content (AvgIpc) is 2.40. The molecule has 0 aromatic carbocycles. The fourth-order valence-corrected chi connectivity index (χ4v) is 1.61. The molecule has 0 N–H and O–H groups in total. The molecule has 0 radical (unpaired) electrons. The zero-order chi connectivity index (χ0) is 17.9. The van der Waals surface area contributed by atoms with Gasteiger partial charge in [-0.25, -0.2) is 13.6 Å². The smallest absolute Gasteiger partial charge is 0.395 e. The Morgan fingerprint density at radius 2 is 1.45 bits per heavy atom. The number of rotatable bonds is 3. The minimum atomic E-state index is -6.87. The van der Waals surface area contributed by atoms with Gasteiger partial charge in [-0.05, 0) is 6.92 Å². The maximum atomic E-state index is 13.7. The lowest BCUT2D eigenvalue weighted by molar-refractivity contribution is -0.362. The first-order chi connectivity index (χ1) is 9.48. The van der Waals surface area contributed by atoms with Crippen LogP contribution in [0.3, 0.4) is 0 Å². The summed E-state index contributed by atoms with van der Waals surface area (Å²) in [6.45, 7) is 3.37. The molecule has 12 heteroatoms. The first kappa shape index (κ1) is 18.6. The van der Waals surface area contributed by atoms with E-state index in [1.54, 1.807) is 0 Å². The number of hydrogen-bond acceptors (Lipinski definition) is 2. The lowest BCUT2D eigenvalue weighted by Crippen LogP contribution is -2.63. The first-order valence-electron chi connectivity index (χ1n) is 5.21. The van der Waals surface area contributed by atoms with Crippen molar-refractivity contribution in [2.45, 2.75) is 42.6 Å². The molecule has 0 heterocycles. The molecule has 0 aromatic heterocycles. The van der Waals surface area contributed by atoms with Crippen molar-refractivity contribution in [1.29, 1.82) is 0 Å². The second-order valence-electron chi connectivity index (χ2n) is 4.53. The minimum Gasteiger partial charge on any atom is -0.395 e. The maximum Gasteiger partial charge on any atom is 0.444 e. The third-order valence-corrected chi connectivity index (χ3v) is 2.93. The molecule has 0 spiro atoms. The van der Waals surface area contributed by atoms with Crippen molar-refractivity contribution in [3.05, 3.63) is 12.2 Å². The number of hydrogen-bond donors (Lipinski definition) is 0. The van der Waals surface area contributed by atoms with Crippen molar-refractivity contribution in [2.75, 3.05) is 0 Å². The zero-order valence-corrected chi connectivity index (χ0v) is 10.4. The topological polar surface area (TPSA) is 26.3 Å². The lowest BCUT2D eigenvalue weighted by atomic mass is 9.97. The molecule has 1 aliphatic carbocycles. The summed E-state index contributed by atoms with van der Waals surface area (Å²) in [6, 6.07) is 0. The number of carbonyl (C=O) groups excluding carboxylic acids is 1. The van der Waals surface area contributed by atoms with Crippen LogP contribution in [0.25, 0.3) is 0 Å². The number of carbonyl (C=O) groups is 1. The Balaban J connectivity index is 3.49. The van der Waals surface area contributed by atoms with E-state index in [0.29, 0.717) is 6.92 Å². The van der Waals surface area contributed by atoms with E-state index in [0.717, 1.165) is 0 Å². The van der Waals surface area contributed by atoms with Gasteiger partial charge in [-0.3, -0.25) is 0 Å². The van der Waals surface area contributed by atoms with E-state index in [1.807, 2.05) is 0 Å². The lowest BCUT2D eigenvalue weighted by Gasteiger charge is -2.34. The normalized spacial score (nSPS) is 32.6. The van der Waals surface area contributed by atoms with Crippen LogP contribution in [-0.2, 0) is 9.53 Å². The van der Waals surface area contributed by atoms with Crippen LogP contribution in [0.5, 0.6) is 0 Å². The highest BCUT2D eigenvalue weighted by Crippen LogP contribution is 2.67. The summed E-state index contributed by atoms with van der Waals surface area (Å²) in [5.41, 5.74) is -7.42. The van der Waals surface area contributed by atoms with E-state index in [-0.39, 0.29) is 0 Å². The number of halogens is 10. The molecule has 0 aliphatic heterocycles. The van der Waals surface area contributed by atoms with Crippen LogP contribution in [0.15, 0.2) is 12.2 Å². The molecule has 1 saturated carbocycles. The van der Waals surface area contributed by atoms with Crippen LogP contribution < -0.4 is 0 Å². The Labute approximate surface area is 115 Å². The Kier molecular flexibility index (Phi) is 3.80. The summed E-state index contributed by atoms with van der Waals surface area (Å²) >= 11 is 0. The Hall–Kier alpha value is -1.49. The van der Waals surface area contributed by atoms with Crippen LogP contribution in [0.1, 0.15) is 6.92 Å². The van der Waals surface area contributed by atoms with Crippen LogP contribution >= 0.6 is 0 Å². The van der Waals surface area contributed by atoms with Crippen LogP contribution in [0, 0.1) is 0 Å². The molecule has 1 aliphatic rings. The fraction of sp³-hybridized carbons (Fsp3) is 0.700. The minimum absolute atomic E-state index is 0.673. The summed E-state index contributed by atoms with van der Waals surface area (Å²) in [4.78, 5) is 10.8. The van der Waals surface area contributed by atoms with Crippen LogP contribution in [-0.4, -0.2) is 41.7 Å². The van der Waals surface area contributed by atoms with E-state index in [2.05, 4.69) is 11.3 Å². The van der Waals surface area contributed by atoms with Gasteiger partial charge in [-0.2, -0.15) is 35.1 Å². The molecule has 1 rings (SSSR count). The third-order valence-electron chi connectivity index (χ3n) is 2.93. The van der Waals surface area contributed by atoms with Gasteiger partial charge in [0.2, 0.25) is 6.17 Å². The molecule has 0 aromatic rings. The quantitative estimate of drug-likeness (QED) is 0.442. The van der Waals surface area contributed by atoms with Gasteiger partial charge in [0.25, 0.3) is 0 Å². The fourth-order valence-electron chi connectivity index (χ4n) is 1.61. The van der Waals surface area contributed by atoms with Crippen molar-refractivity contribution >= 4 is 5.97 Å². The van der Waals surface area contributed by atoms with Crippen molar-refractivity contribution in [1.82, 2.24) is 0 Å². The monoisotopic (exact) mass is 348 g/mol. The summed E-state index contributed by atoms with van der Waals surface area (Å²) in [5.74, 6) is -22.4. The summed E-state index contributed by atoms with van der Waals surface area (Å²) in [6.07, 6.45) is -11.7. The molecule has 0 bridgehead atoms. The molecular weight excluding hydrogens is 342 g/mol. The number of ether oxygens (including phenoxy) is 1. The molecule has 2 nitrogen and oxygen atoms in total. The predicted octanol–water partition coefficient (Wildman–Crippen LogP) is 3.66. The SMILES string of the molecule is C=C(C)C(=O)OC(F)(F)C1(F)C(F)C(F)(F)C(F)(F)C1(F)F. The van der Waals surface area contributed by atoms with Crippen molar-refractivity contribution in [2.24, 2.45) is 0 Å². The van der Waals surface area contributed by atoms with Crippen LogP contribution in [0.2, 0.25) is 0 Å². The van der Waals surface area contributed by atoms with E-state index < -0.39 is 47.3 Å². The van der Waals surface area contributed by atoms with E-state index in [1.165, 1.54) is 0 Å². The van der Waals surface area contributed by atoms with Gasteiger partial charge in [0.1, 0.15) is 0 Å². The van der Waals surface area contributed by atoms with Gasteiger partial charge in [0.05, 0.1) is 0 Å². The van der Waals surface area contributed by atoms with Crippen LogP contribution in [0.4, 0.5) is 43.9 Å². The average molecular weight is 348 g/mol. The maximum absolute atomic E-state index is 13.7. The Morgan fingerprint density at radius 3 is 1.73 bits per heavy atom. The van der Waals surface area contributed by atoms with E-state index in [9.17, 15) is 48.7 Å². The van der Waals surface area contributed by atoms with E-state index in [4.69, 9.17) is 0 Å². The summed E-state index contributed by atoms with van der Waals surface area (Å²) in [7, 11) is 0. The standard InChI is InChI=1S/C10H6F10O2/c1-3(2)4(21)22-10(19,20)6(12)5(11)7(13,14)9(17,18)8(6,15)16/h5H,1H2,2H3. The van der Waals surface area contributed by atoms with Gasteiger partial charge in [-0.1, -0.05) is 6.58 Å². The number of esters is 1. The van der Waals surface area contributed by atoms with Gasteiger partial charge in [0, 0.05) is 5.57 Å². The highest BCUT2D eigenvalue weighted by molar-refractivity contribution is 5.87. The molecule has 2 unspecified atom stereocenters. The molecular formula is C10H6F10O2.